The van der Waals surface area contributed by atoms with E-state index in [2.05, 4.69) is 97.1 Å². The summed E-state index contributed by atoms with van der Waals surface area (Å²) in [6, 6.07) is 35.4. The third-order valence-electron chi connectivity index (χ3n) is 5.60. The second kappa shape index (κ2) is 9.03. The lowest BCUT2D eigenvalue weighted by molar-refractivity contribution is 0.562. The molecule has 0 bridgehead atoms. The van der Waals surface area contributed by atoms with Crippen molar-refractivity contribution >= 4 is 55.2 Å². The van der Waals surface area contributed by atoms with Gasteiger partial charge in [0, 0.05) is 0 Å². The molecule has 2 N–H and O–H groups in total. The Bertz CT molecular complexity index is 1550. The Morgan fingerprint density at radius 3 is 1.06 bits per heavy atom. The number of isocyanates is 2. The summed E-state index contributed by atoms with van der Waals surface area (Å²) in [6.07, 6.45) is 1.50. The lowest BCUT2D eigenvalue weighted by Crippen LogP contribution is -1.85. The average molecular weight is 414 g/mol. The molecule has 0 radical (unpaired) electrons. The van der Waals surface area contributed by atoms with Crippen LogP contribution in [0.1, 0.15) is 0 Å². The minimum Gasteiger partial charge on any atom is -0.222 e. The monoisotopic (exact) mass is 414 g/mol. The number of rotatable bonds is 0. The first-order valence-electron chi connectivity index (χ1n) is 9.96. The largest absolute Gasteiger partial charge is 0.231 e. The molecule has 0 aliphatic heterocycles. The van der Waals surface area contributed by atoms with Crippen LogP contribution in [-0.2, 0) is 9.59 Å². The maximum atomic E-state index is 8.35. The molecule has 0 saturated heterocycles. The van der Waals surface area contributed by atoms with E-state index in [0.29, 0.717) is 0 Å². The van der Waals surface area contributed by atoms with Crippen molar-refractivity contribution < 1.29 is 9.59 Å². The normalized spacial score (nSPS) is 11.2. The molecule has 0 spiro atoms. The van der Waals surface area contributed by atoms with E-state index in [1.54, 1.807) is 0 Å². The van der Waals surface area contributed by atoms with E-state index < -0.39 is 0 Å². The van der Waals surface area contributed by atoms with E-state index in [1.807, 2.05) is 0 Å². The van der Waals surface area contributed by atoms with Gasteiger partial charge in [-0.15, -0.1) is 0 Å². The number of hydrogen-bond acceptors (Lipinski definition) is 4. The van der Waals surface area contributed by atoms with Gasteiger partial charge in [0.2, 0.25) is 12.2 Å². The Morgan fingerprint density at radius 1 is 0.438 bits per heavy atom. The number of hydrogen-bond donors (Lipinski definition) is 2. The fourth-order valence-corrected chi connectivity index (χ4v) is 4.46. The van der Waals surface area contributed by atoms with Crippen molar-refractivity contribution in [3.05, 3.63) is 107 Å². The van der Waals surface area contributed by atoms with Gasteiger partial charge in [0.1, 0.15) is 0 Å². The zero-order valence-electron chi connectivity index (χ0n) is 17.1. The van der Waals surface area contributed by atoms with Crippen LogP contribution in [0.25, 0.3) is 43.1 Å². The first kappa shape index (κ1) is 20.6. The van der Waals surface area contributed by atoms with E-state index in [4.69, 9.17) is 20.4 Å². The number of benzene rings is 6. The van der Waals surface area contributed by atoms with Crippen LogP contribution in [-0.4, -0.2) is 12.2 Å². The molecule has 4 nitrogen and oxygen atoms in total. The first-order valence-corrected chi connectivity index (χ1v) is 9.96. The van der Waals surface area contributed by atoms with E-state index in [-0.39, 0.29) is 0 Å². The van der Waals surface area contributed by atoms with Crippen LogP contribution in [0.3, 0.4) is 0 Å². The highest BCUT2D eigenvalue weighted by molar-refractivity contribution is 6.12. The predicted octanol–water partition coefficient (Wildman–Crippen LogP) is 6.83. The molecule has 0 atom stereocenters. The van der Waals surface area contributed by atoms with Gasteiger partial charge in [0.15, 0.2) is 0 Å². The summed E-state index contributed by atoms with van der Waals surface area (Å²) < 4.78 is 0. The maximum absolute atomic E-state index is 8.35. The molecule has 6 rings (SSSR count). The van der Waals surface area contributed by atoms with E-state index >= 15 is 0 Å². The molecule has 6 aromatic carbocycles. The Hall–Kier alpha value is -4.62. The van der Waals surface area contributed by atoms with E-state index in [0.717, 1.165) is 12.2 Å². The molecule has 0 heterocycles. The molecular weight excluding hydrogens is 396 g/mol. The molecule has 6 aromatic rings. The summed E-state index contributed by atoms with van der Waals surface area (Å²) in [5, 5.41) is 24.0. The summed E-state index contributed by atoms with van der Waals surface area (Å²) in [5.74, 6) is 0. The third kappa shape index (κ3) is 3.53. The molecule has 0 aliphatic rings. The molecule has 0 saturated carbocycles. The third-order valence-corrected chi connectivity index (χ3v) is 5.60. The van der Waals surface area contributed by atoms with Crippen molar-refractivity contribution in [1.82, 2.24) is 0 Å². The van der Waals surface area contributed by atoms with Crippen molar-refractivity contribution in [3.8, 4) is 0 Å². The highest BCUT2D eigenvalue weighted by atomic mass is 16.1. The van der Waals surface area contributed by atoms with Gasteiger partial charge in [-0.1, -0.05) is 97.1 Å². The summed E-state index contributed by atoms with van der Waals surface area (Å²) >= 11 is 0. The fraction of sp³-hybridized carbons (Fsp3) is 0. The number of carbonyl (C=O) groups excluding carboxylic acids is 2. The number of nitrogens with one attached hydrogen (secondary N) is 2. The van der Waals surface area contributed by atoms with Gasteiger partial charge >= 0.3 is 0 Å². The fourth-order valence-electron chi connectivity index (χ4n) is 4.46. The first-order chi connectivity index (χ1) is 15.7. The maximum Gasteiger partial charge on any atom is 0.231 e. The Balaban J connectivity index is 0.000000371. The topological polar surface area (TPSA) is 81.8 Å². The zero-order valence-corrected chi connectivity index (χ0v) is 17.1. The van der Waals surface area contributed by atoms with Gasteiger partial charge in [0.05, 0.1) is 0 Å². The molecule has 0 fully saturated rings. The molecule has 0 aliphatic carbocycles. The molecule has 0 amide bonds. The lowest BCUT2D eigenvalue weighted by Gasteiger charge is -2.09. The van der Waals surface area contributed by atoms with Gasteiger partial charge in [-0.25, -0.2) is 20.4 Å². The van der Waals surface area contributed by atoms with Crippen molar-refractivity contribution in [2.75, 3.05) is 0 Å². The minimum absolute atomic E-state index is 0.750. The van der Waals surface area contributed by atoms with Crippen LogP contribution >= 0.6 is 0 Å². The van der Waals surface area contributed by atoms with E-state index in [1.165, 1.54) is 53.5 Å². The quantitative estimate of drug-likeness (QED) is 0.211. The Kier molecular flexibility index (Phi) is 5.83. The SMILES string of the molecule is N=C=O.N=C=O.c1cc2cccc3c(=c4ccc5cccc6cccc4c65)ccc(c1)c23. The molecule has 152 valence electrons. The molecular formula is C28H18N2O2. The van der Waals surface area contributed by atoms with Gasteiger partial charge in [-0.05, 0) is 53.5 Å². The zero-order chi connectivity index (χ0) is 22.5. The van der Waals surface area contributed by atoms with Crippen molar-refractivity contribution in [2.45, 2.75) is 0 Å². The van der Waals surface area contributed by atoms with Gasteiger partial charge in [-0.2, -0.15) is 0 Å². The lowest BCUT2D eigenvalue weighted by atomic mass is 9.95. The van der Waals surface area contributed by atoms with Crippen molar-refractivity contribution in [3.63, 3.8) is 0 Å². The summed E-state index contributed by atoms with van der Waals surface area (Å²) in [7, 11) is 0. The highest BCUT2D eigenvalue weighted by Gasteiger charge is 2.06. The van der Waals surface area contributed by atoms with Crippen LogP contribution in [0.4, 0.5) is 0 Å². The predicted molar refractivity (Wildman–Crippen MR) is 129 cm³/mol. The van der Waals surface area contributed by atoms with Crippen molar-refractivity contribution in [2.24, 2.45) is 0 Å². The summed E-state index contributed by atoms with van der Waals surface area (Å²) in [5.41, 5.74) is 0. The van der Waals surface area contributed by atoms with Gasteiger partial charge in [-0.3, -0.25) is 0 Å². The van der Waals surface area contributed by atoms with Crippen molar-refractivity contribution in [1.29, 1.82) is 10.8 Å². The van der Waals surface area contributed by atoms with Crippen LogP contribution in [0, 0.1) is 21.3 Å². The van der Waals surface area contributed by atoms with Gasteiger partial charge in [0.25, 0.3) is 0 Å². The Labute approximate surface area is 183 Å². The summed E-state index contributed by atoms with van der Waals surface area (Å²) in [4.78, 5) is 16.7. The standard InChI is InChI=1S/C26H16.2CHNO/c1-5-17-9-3-11-23-21(15-13-19(7-1)25(17)23)22-16-14-20-8-2-6-18-10-4-12-24(22)26(18)20;2*2-1-3/h1-16H;2*2H. The summed E-state index contributed by atoms with van der Waals surface area (Å²) in [6.45, 7) is 0. The smallest absolute Gasteiger partial charge is 0.222 e. The van der Waals surface area contributed by atoms with Crippen LogP contribution < -0.4 is 0 Å². The molecule has 0 aromatic heterocycles. The Morgan fingerprint density at radius 2 is 0.719 bits per heavy atom. The average Bonchev–Trinajstić information content (AvgIpc) is 2.82. The minimum atomic E-state index is 0.750. The van der Waals surface area contributed by atoms with Crippen LogP contribution in [0.5, 0.6) is 0 Å². The van der Waals surface area contributed by atoms with Crippen LogP contribution in [0.2, 0.25) is 0 Å². The second-order valence-electron chi connectivity index (χ2n) is 7.20. The molecule has 32 heavy (non-hydrogen) atoms. The molecule has 4 heteroatoms. The van der Waals surface area contributed by atoms with Crippen LogP contribution in [0.15, 0.2) is 97.1 Å². The second-order valence-corrected chi connectivity index (χ2v) is 7.20. The molecule has 0 unspecified atom stereocenters. The van der Waals surface area contributed by atoms with Gasteiger partial charge < -0.3 is 0 Å². The highest BCUT2D eigenvalue weighted by Crippen LogP contribution is 2.31. The van der Waals surface area contributed by atoms with E-state index in [9.17, 15) is 0 Å².